The van der Waals surface area contributed by atoms with Gasteiger partial charge in [-0.15, -0.1) is 0 Å². The molecule has 8 nitrogen and oxygen atoms in total. The topological polar surface area (TPSA) is 96.0 Å². The van der Waals surface area contributed by atoms with Gasteiger partial charge in [0.05, 0.1) is 22.2 Å². The molecule has 47 heavy (non-hydrogen) atoms. The summed E-state index contributed by atoms with van der Waals surface area (Å²) < 4.78 is 35.4. The lowest BCUT2D eigenvalue weighted by atomic mass is 10.0. The highest BCUT2D eigenvalue weighted by Crippen LogP contribution is 2.31. The van der Waals surface area contributed by atoms with Crippen LogP contribution in [0.2, 0.25) is 5.02 Å². The van der Waals surface area contributed by atoms with E-state index < -0.39 is 28.5 Å². The third kappa shape index (κ3) is 9.37. The Morgan fingerprint density at radius 1 is 0.957 bits per heavy atom. The van der Waals surface area contributed by atoms with Crippen LogP contribution in [0.4, 0.5) is 5.69 Å². The second kappa shape index (κ2) is 16.8. The molecule has 0 radical (unpaired) electrons. The molecular formula is C36H39BrClN3O5S. The van der Waals surface area contributed by atoms with E-state index in [9.17, 15) is 18.0 Å². The average molecular weight is 741 g/mol. The van der Waals surface area contributed by atoms with E-state index in [1.54, 1.807) is 48.5 Å². The van der Waals surface area contributed by atoms with Crippen LogP contribution in [0.3, 0.4) is 0 Å². The fraction of sp³-hybridized carbons (Fsp3) is 0.278. The van der Waals surface area contributed by atoms with Crippen LogP contribution in [0.1, 0.15) is 36.5 Å². The van der Waals surface area contributed by atoms with Crippen molar-refractivity contribution in [1.29, 1.82) is 0 Å². The van der Waals surface area contributed by atoms with Gasteiger partial charge in [-0.25, -0.2) is 8.42 Å². The maximum Gasteiger partial charge on any atom is 0.264 e. The number of halogens is 2. The van der Waals surface area contributed by atoms with Gasteiger partial charge in [0.2, 0.25) is 11.8 Å². The Balaban J connectivity index is 1.81. The molecule has 2 amide bonds. The fourth-order valence-corrected chi connectivity index (χ4v) is 7.37. The van der Waals surface area contributed by atoms with Crippen LogP contribution in [0.25, 0.3) is 0 Å². The maximum atomic E-state index is 14.6. The molecule has 4 rings (SSSR count). The van der Waals surface area contributed by atoms with E-state index in [1.165, 1.54) is 24.1 Å². The Hall–Kier alpha value is -3.86. The number of hydrogen-bond acceptors (Lipinski definition) is 5. The number of amides is 2. The minimum atomic E-state index is -4.27. The van der Waals surface area contributed by atoms with Crippen molar-refractivity contribution in [3.63, 3.8) is 0 Å². The molecule has 0 aliphatic carbocycles. The first-order chi connectivity index (χ1) is 22.5. The Kier molecular flexibility index (Phi) is 12.9. The van der Waals surface area contributed by atoms with E-state index in [1.807, 2.05) is 50.2 Å². The first-order valence-corrected chi connectivity index (χ1v) is 17.9. The number of nitrogens with one attached hydrogen (secondary N) is 1. The van der Waals surface area contributed by atoms with E-state index >= 15 is 0 Å². The number of ether oxygens (including phenoxy) is 1. The predicted molar refractivity (Wildman–Crippen MR) is 190 cm³/mol. The van der Waals surface area contributed by atoms with Crippen LogP contribution >= 0.6 is 27.5 Å². The lowest BCUT2D eigenvalue weighted by molar-refractivity contribution is -0.140. The summed E-state index contributed by atoms with van der Waals surface area (Å²) in [6.07, 6.45) is 1.88. The monoisotopic (exact) mass is 739 g/mol. The van der Waals surface area contributed by atoms with E-state index in [0.29, 0.717) is 33.0 Å². The van der Waals surface area contributed by atoms with Gasteiger partial charge in [-0.05, 0) is 76.8 Å². The normalized spacial score (nSPS) is 11.9. The Labute approximate surface area is 290 Å². The van der Waals surface area contributed by atoms with Gasteiger partial charge in [-0.2, -0.15) is 0 Å². The fourth-order valence-electron chi connectivity index (χ4n) is 5.04. The van der Waals surface area contributed by atoms with E-state index in [4.69, 9.17) is 16.3 Å². The first-order valence-electron chi connectivity index (χ1n) is 15.3. The summed E-state index contributed by atoms with van der Waals surface area (Å²) in [5, 5.41) is 3.42. The molecule has 0 aromatic heterocycles. The smallest absolute Gasteiger partial charge is 0.264 e. The third-order valence-corrected chi connectivity index (χ3v) is 10.5. The number of benzene rings is 4. The van der Waals surface area contributed by atoms with Crippen molar-refractivity contribution in [2.45, 2.75) is 50.6 Å². The van der Waals surface area contributed by atoms with Gasteiger partial charge in [0.1, 0.15) is 18.3 Å². The van der Waals surface area contributed by atoms with Crippen molar-refractivity contribution in [2.24, 2.45) is 0 Å². The average Bonchev–Trinajstić information content (AvgIpc) is 3.06. The van der Waals surface area contributed by atoms with Gasteiger partial charge >= 0.3 is 0 Å². The van der Waals surface area contributed by atoms with Gasteiger partial charge in [-0.3, -0.25) is 13.9 Å². The number of anilines is 1. The molecule has 11 heteroatoms. The van der Waals surface area contributed by atoms with E-state index in [-0.39, 0.29) is 23.8 Å². The van der Waals surface area contributed by atoms with Gasteiger partial charge in [-0.1, -0.05) is 91.2 Å². The Morgan fingerprint density at radius 3 is 2.28 bits per heavy atom. The first kappa shape index (κ1) is 36.0. The molecule has 0 spiro atoms. The zero-order chi connectivity index (χ0) is 34.0. The third-order valence-electron chi connectivity index (χ3n) is 7.71. The minimum Gasteiger partial charge on any atom is -0.496 e. The predicted octanol–water partition coefficient (Wildman–Crippen LogP) is 7.17. The quantitative estimate of drug-likeness (QED) is 0.131. The number of hydrogen-bond donors (Lipinski definition) is 1. The molecule has 0 saturated carbocycles. The summed E-state index contributed by atoms with van der Waals surface area (Å²) in [5.74, 6) is -0.426. The number of nitrogens with zero attached hydrogens (tertiary/aromatic N) is 2. The van der Waals surface area contributed by atoms with Crippen molar-refractivity contribution in [3.05, 3.63) is 123 Å². The molecule has 1 atom stereocenters. The number of carbonyl (C=O) groups excluding carboxylic acids is 2. The standard InChI is InChI=1S/C36H39BrClN3O5S/c1-4-5-21-39-36(43)33(22-27-11-7-6-8-12-27)40(24-28-13-9-10-14-32(28)38)35(42)25-41(29-17-15-26(2)16-18-29)47(44,45)30-19-20-34(46-3)31(37)23-30/h6-20,23,33H,4-5,21-22,24-25H2,1-3H3,(H,39,43). The van der Waals surface area contributed by atoms with Crippen LogP contribution < -0.4 is 14.4 Å². The van der Waals surface area contributed by atoms with Crippen molar-refractivity contribution in [3.8, 4) is 5.75 Å². The van der Waals surface area contributed by atoms with Crippen LogP contribution in [-0.4, -0.2) is 51.4 Å². The molecule has 0 fully saturated rings. The highest BCUT2D eigenvalue weighted by Gasteiger charge is 2.35. The highest BCUT2D eigenvalue weighted by molar-refractivity contribution is 9.10. The molecular weight excluding hydrogens is 702 g/mol. The molecule has 1 unspecified atom stereocenters. The summed E-state index contributed by atoms with van der Waals surface area (Å²) in [7, 11) is -2.78. The van der Waals surface area contributed by atoms with Gasteiger partial charge in [0.25, 0.3) is 10.0 Å². The van der Waals surface area contributed by atoms with Gasteiger partial charge in [0, 0.05) is 24.5 Å². The number of rotatable bonds is 15. The Morgan fingerprint density at radius 2 is 1.64 bits per heavy atom. The molecule has 248 valence electrons. The summed E-state index contributed by atoms with van der Waals surface area (Å²) in [4.78, 5) is 29.9. The van der Waals surface area contributed by atoms with Gasteiger partial charge in [0.15, 0.2) is 0 Å². The van der Waals surface area contributed by atoms with E-state index in [0.717, 1.165) is 28.3 Å². The molecule has 0 heterocycles. The molecule has 4 aromatic rings. The SMILES string of the molecule is CCCCNC(=O)C(Cc1ccccc1)N(Cc1ccccc1Cl)C(=O)CN(c1ccc(C)cc1)S(=O)(=O)c1ccc(OC)c(Br)c1. The second-order valence-corrected chi connectivity index (χ2v) is 14.2. The van der Waals surface area contributed by atoms with Gasteiger partial charge < -0.3 is 15.0 Å². The summed E-state index contributed by atoms with van der Waals surface area (Å²) in [6.45, 7) is 3.80. The lowest BCUT2D eigenvalue weighted by Crippen LogP contribution is -2.53. The molecule has 0 aliphatic rings. The number of sulfonamides is 1. The number of methoxy groups -OCH3 is 1. The molecule has 0 saturated heterocycles. The lowest BCUT2D eigenvalue weighted by Gasteiger charge is -2.34. The zero-order valence-electron chi connectivity index (χ0n) is 26.7. The number of aryl methyl sites for hydroxylation is 1. The molecule has 0 aliphatic heterocycles. The van der Waals surface area contributed by atoms with Crippen LogP contribution in [0, 0.1) is 6.92 Å². The Bertz CT molecular complexity index is 1770. The summed E-state index contributed by atoms with van der Waals surface area (Å²) in [5.41, 5.74) is 2.72. The number of unbranched alkanes of at least 4 members (excludes halogenated alkanes) is 1. The largest absolute Gasteiger partial charge is 0.496 e. The van der Waals surface area contributed by atoms with Crippen LogP contribution in [0.15, 0.2) is 106 Å². The zero-order valence-corrected chi connectivity index (χ0v) is 29.8. The minimum absolute atomic E-state index is 0.00687. The highest BCUT2D eigenvalue weighted by atomic mass is 79.9. The van der Waals surface area contributed by atoms with E-state index in [2.05, 4.69) is 21.2 Å². The van der Waals surface area contributed by atoms with Crippen LogP contribution in [0.5, 0.6) is 5.75 Å². The second-order valence-electron chi connectivity index (χ2n) is 11.1. The molecule has 0 bridgehead atoms. The maximum absolute atomic E-state index is 14.6. The summed E-state index contributed by atoms with van der Waals surface area (Å²) >= 11 is 9.95. The van der Waals surface area contributed by atoms with Crippen molar-refractivity contribution < 1.29 is 22.7 Å². The van der Waals surface area contributed by atoms with Crippen molar-refractivity contribution in [2.75, 3.05) is 24.5 Å². The summed E-state index contributed by atoms with van der Waals surface area (Å²) in [6, 6.07) is 26.9. The molecule has 1 N–H and O–H groups in total. The van der Waals surface area contributed by atoms with Crippen molar-refractivity contribution in [1.82, 2.24) is 10.2 Å². The van der Waals surface area contributed by atoms with Crippen LogP contribution in [-0.2, 0) is 32.6 Å². The molecule has 4 aromatic carbocycles. The number of carbonyl (C=O) groups is 2. The van der Waals surface area contributed by atoms with Crippen molar-refractivity contribution >= 4 is 55.1 Å².